The number of piperazine rings is 1. The van der Waals surface area contributed by atoms with Crippen LogP contribution in [0.3, 0.4) is 0 Å². The number of carbonyl (C=O) groups is 1. The first kappa shape index (κ1) is 24.8. The molecule has 2 saturated heterocycles. The van der Waals surface area contributed by atoms with E-state index >= 15 is 0 Å². The summed E-state index contributed by atoms with van der Waals surface area (Å²) in [4.78, 5) is 17.6. The molecule has 184 valence electrons. The summed E-state index contributed by atoms with van der Waals surface area (Å²) in [5.74, 6) is 1.01. The van der Waals surface area contributed by atoms with Crippen molar-refractivity contribution in [3.63, 3.8) is 0 Å². The zero-order valence-electron chi connectivity index (χ0n) is 20.9. The van der Waals surface area contributed by atoms with Gasteiger partial charge < -0.3 is 20.2 Å². The highest BCUT2D eigenvalue weighted by atomic mass is 32.2. The molecule has 4 N–H and O–H groups in total. The molecule has 2 heterocycles. The molecule has 32 heavy (non-hydrogen) atoms. The Hall–Kier alpha value is -0.340. The maximum Gasteiger partial charge on any atom is 0.225 e. The molecule has 1 amide bonds. The predicted molar refractivity (Wildman–Crippen MR) is 131 cm³/mol. The van der Waals surface area contributed by atoms with Crippen molar-refractivity contribution in [3.05, 3.63) is 0 Å². The number of hydrogen-bond donors (Lipinski definition) is 3. The highest BCUT2D eigenvalue weighted by Crippen LogP contribution is 2.57. The van der Waals surface area contributed by atoms with Gasteiger partial charge in [-0.2, -0.15) is 0 Å². The van der Waals surface area contributed by atoms with Crippen LogP contribution in [0.5, 0.6) is 0 Å². The van der Waals surface area contributed by atoms with E-state index in [1.807, 2.05) is 4.90 Å². The standard InChI is InChI=1S/C25H46N4O2S/c1-6-7-10-26-24-27-21-17(3)20-22(30)18(8-9-25(20,4)15-19(21)32-24)16(2)23(31)29-13-11-28(5)12-14-29/h16-22,24,26-27,30H,6-15H2,1-5H3/p+1. The van der Waals surface area contributed by atoms with Crippen LogP contribution in [-0.2, 0) is 4.79 Å². The molecular formula is C25H47N4O2S+. The quantitative estimate of drug-likeness (QED) is 0.517. The number of fused-ring (bicyclic) bond motifs is 2. The summed E-state index contributed by atoms with van der Waals surface area (Å²) in [6.45, 7) is 13.8. The van der Waals surface area contributed by atoms with Crippen LogP contribution in [0.1, 0.15) is 59.8 Å². The molecule has 0 bridgehead atoms. The molecule has 2 saturated carbocycles. The van der Waals surface area contributed by atoms with Gasteiger partial charge in [-0.1, -0.05) is 45.9 Å². The number of carbonyl (C=O) groups excluding carboxylic acids is 1. The van der Waals surface area contributed by atoms with Gasteiger partial charge >= 0.3 is 0 Å². The molecule has 0 aromatic carbocycles. The summed E-state index contributed by atoms with van der Waals surface area (Å²) in [6, 6.07) is 0.564. The van der Waals surface area contributed by atoms with Crippen molar-refractivity contribution in [2.75, 3.05) is 39.8 Å². The molecule has 4 aliphatic rings. The van der Waals surface area contributed by atoms with E-state index in [1.165, 1.54) is 19.3 Å². The second-order valence-electron chi connectivity index (χ2n) is 11.5. The third-order valence-corrected chi connectivity index (χ3v) is 10.8. The molecule has 0 spiro atoms. The van der Waals surface area contributed by atoms with Crippen LogP contribution in [-0.4, -0.2) is 83.5 Å². The largest absolute Gasteiger partial charge is 0.392 e. The van der Waals surface area contributed by atoms with Gasteiger partial charge in [-0.3, -0.25) is 10.1 Å². The number of thioether (sulfide) groups is 1. The highest BCUT2D eigenvalue weighted by Gasteiger charge is 2.60. The molecule has 0 aromatic rings. The van der Waals surface area contributed by atoms with Crippen LogP contribution in [0.2, 0.25) is 0 Å². The minimum atomic E-state index is -0.374. The molecule has 2 aliphatic heterocycles. The number of unbranched alkanes of at least 4 members (excludes halogenated alkanes) is 1. The van der Waals surface area contributed by atoms with Gasteiger partial charge in [-0.25, -0.2) is 0 Å². The maximum atomic E-state index is 13.3. The minimum Gasteiger partial charge on any atom is -0.392 e. The molecular weight excluding hydrogens is 420 g/mol. The summed E-state index contributed by atoms with van der Waals surface area (Å²) >= 11 is 2.12. The number of rotatable bonds is 6. The predicted octanol–water partition coefficient (Wildman–Crippen LogP) is 1.55. The number of amides is 1. The first-order valence-corrected chi connectivity index (χ1v) is 14.1. The summed E-state index contributed by atoms with van der Waals surface area (Å²) < 4.78 is 0. The van der Waals surface area contributed by atoms with E-state index in [-0.39, 0.29) is 35.2 Å². The van der Waals surface area contributed by atoms with Gasteiger partial charge in [0.15, 0.2) is 5.50 Å². The molecule has 9 atom stereocenters. The van der Waals surface area contributed by atoms with E-state index < -0.39 is 0 Å². The van der Waals surface area contributed by atoms with Gasteiger partial charge in [0.25, 0.3) is 0 Å². The van der Waals surface area contributed by atoms with Crippen molar-refractivity contribution in [2.24, 2.45) is 29.1 Å². The topological polar surface area (TPSA) is 72.4 Å². The molecule has 7 heteroatoms. The van der Waals surface area contributed by atoms with Crippen LogP contribution in [0.15, 0.2) is 0 Å². The first-order valence-electron chi connectivity index (χ1n) is 13.1. The minimum absolute atomic E-state index is 0.0896. The van der Waals surface area contributed by atoms with Crippen LogP contribution in [0.25, 0.3) is 0 Å². The lowest BCUT2D eigenvalue weighted by atomic mass is 9.51. The number of nitrogens with two attached hydrogens (primary N) is 1. The third kappa shape index (κ3) is 4.74. The number of nitrogens with zero attached hydrogens (tertiary/aromatic N) is 2. The Kier molecular flexibility index (Phi) is 7.82. The van der Waals surface area contributed by atoms with Crippen LogP contribution in [0.4, 0.5) is 0 Å². The van der Waals surface area contributed by atoms with Crippen molar-refractivity contribution in [2.45, 2.75) is 82.7 Å². The number of aliphatic hydroxyl groups is 1. The third-order valence-electron chi connectivity index (χ3n) is 9.37. The lowest BCUT2D eigenvalue weighted by Gasteiger charge is -2.56. The van der Waals surface area contributed by atoms with E-state index in [2.05, 4.69) is 62.0 Å². The van der Waals surface area contributed by atoms with Crippen molar-refractivity contribution in [3.8, 4) is 0 Å². The Morgan fingerprint density at radius 1 is 1.31 bits per heavy atom. The van der Waals surface area contributed by atoms with Crippen molar-refractivity contribution in [1.82, 2.24) is 15.1 Å². The van der Waals surface area contributed by atoms with Gasteiger partial charge in [-0.05, 0) is 50.0 Å². The van der Waals surface area contributed by atoms with Gasteiger partial charge in [-0.15, -0.1) is 0 Å². The Bertz CT molecular complexity index is 658. The molecule has 4 rings (SSSR count). The summed E-state index contributed by atoms with van der Waals surface area (Å²) in [5.41, 5.74) is 0.639. The van der Waals surface area contributed by atoms with Gasteiger partial charge in [0.1, 0.15) is 6.04 Å². The molecule has 9 unspecified atom stereocenters. The fourth-order valence-corrected chi connectivity index (χ4v) is 9.18. The number of likely N-dealkylation sites (N-methyl/N-ethyl adjacent to an activating group) is 1. The zero-order valence-corrected chi connectivity index (χ0v) is 21.7. The zero-order chi connectivity index (χ0) is 23.0. The molecule has 0 aromatic heterocycles. The molecule has 4 fully saturated rings. The molecule has 0 radical (unpaired) electrons. The van der Waals surface area contributed by atoms with Crippen molar-refractivity contribution in [1.29, 1.82) is 0 Å². The van der Waals surface area contributed by atoms with Crippen LogP contribution >= 0.6 is 11.8 Å². The smallest absolute Gasteiger partial charge is 0.225 e. The fourth-order valence-electron chi connectivity index (χ4n) is 7.32. The van der Waals surface area contributed by atoms with E-state index in [0.29, 0.717) is 22.7 Å². The van der Waals surface area contributed by atoms with Crippen molar-refractivity contribution < 1.29 is 15.2 Å². The molecule has 6 nitrogen and oxygen atoms in total. The molecule has 2 aliphatic carbocycles. The normalized spacial score (nSPS) is 43.6. The van der Waals surface area contributed by atoms with E-state index in [0.717, 1.165) is 45.6 Å². The number of quaternary nitrogens is 1. The monoisotopic (exact) mass is 467 g/mol. The van der Waals surface area contributed by atoms with Gasteiger partial charge in [0, 0.05) is 44.6 Å². The Morgan fingerprint density at radius 3 is 2.72 bits per heavy atom. The Balaban J connectivity index is 1.42. The second-order valence-corrected chi connectivity index (χ2v) is 12.9. The SMILES string of the molecule is CCCCNC1[NH2+]C2C(CC3(C)CCC(C(C)C(=O)N4CCN(C)CC4)C(O)C3C2C)S1. The average Bonchev–Trinajstić information content (AvgIpc) is 3.16. The summed E-state index contributed by atoms with van der Waals surface area (Å²) in [7, 11) is 2.12. The lowest BCUT2D eigenvalue weighted by molar-refractivity contribution is -0.707. The first-order chi connectivity index (χ1) is 15.2. The maximum absolute atomic E-state index is 13.3. The second kappa shape index (κ2) is 10.1. The van der Waals surface area contributed by atoms with E-state index in [4.69, 9.17) is 0 Å². The van der Waals surface area contributed by atoms with E-state index in [1.54, 1.807) is 0 Å². The number of aliphatic hydroxyl groups excluding tert-OH is 1. The van der Waals surface area contributed by atoms with Crippen LogP contribution < -0.4 is 10.6 Å². The van der Waals surface area contributed by atoms with Gasteiger partial charge in [0.2, 0.25) is 5.91 Å². The highest BCUT2D eigenvalue weighted by molar-refractivity contribution is 8.00. The van der Waals surface area contributed by atoms with Gasteiger partial charge in [0.05, 0.1) is 11.4 Å². The Morgan fingerprint density at radius 2 is 2.03 bits per heavy atom. The number of hydrogen-bond acceptors (Lipinski definition) is 5. The van der Waals surface area contributed by atoms with E-state index in [9.17, 15) is 9.90 Å². The van der Waals surface area contributed by atoms with Crippen LogP contribution in [0, 0.1) is 29.1 Å². The average molecular weight is 468 g/mol. The van der Waals surface area contributed by atoms with Crippen molar-refractivity contribution >= 4 is 17.7 Å². The summed E-state index contributed by atoms with van der Waals surface area (Å²) in [6.07, 6.45) is 5.40. The Labute approximate surface area is 199 Å². The number of nitrogens with one attached hydrogen (secondary N) is 1. The lowest BCUT2D eigenvalue weighted by Crippen LogP contribution is -2.96. The fraction of sp³-hybridized carbons (Fsp3) is 0.960. The summed E-state index contributed by atoms with van der Waals surface area (Å²) in [5, 5.41) is 18.7.